The van der Waals surface area contributed by atoms with Crippen LogP contribution < -0.4 is 5.32 Å². The molecule has 0 fully saturated rings. The fourth-order valence-corrected chi connectivity index (χ4v) is 1.72. The summed E-state index contributed by atoms with van der Waals surface area (Å²) in [5.41, 5.74) is 4.18. The van der Waals surface area contributed by atoms with Gasteiger partial charge in [0.25, 0.3) is 0 Å². The topological polar surface area (TPSA) is 24.9 Å². The van der Waals surface area contributed by atoms with E-state index in [1.807, 2.05) is 31.2 Å². The summed E-state index contributed by atoms with van der Waals surface area (Å²) in [5.74, 6) is 0. The van der Waals surface area contributed by atoms with Crippen LogP contribution in [0.15, 0.2) is 42.6 Å². The van der Waals surface area contributed by atoms with Gasteiger partial charge in [-0.05, 0) is 43.7 Å². The summed E-state index contributed by atoms with van der Waals surface area (Å²) in [5, 5.41) is 3.18. The number of aryl methyl sites for hydroxylation is 2. The van der Waals surface area contributed by atoms with E-state index >= 15 is 0 Å². The minimum atomic E-state index is 0.651. The Morgan fingerprint density at radius 3 is 2.41 bits per heavy atom. The molecule has 0 aliphatic heterocycles. The molecule has 0 spiro atoms. The molecule has 0 aliphatic carbocycles. The van der Waals surface area contributed by atoms with E-state index in [1.54, 1.807) is 6.20 Å². The fraction of sp³-hybridized carbons (Fsp3) is 0.143. The van der Waals surface area contributed by atoms with Crippen molar-refractivity contribution in [2.24, 2.45) is 0 Å². The highest BCUT2D eigenvalue weighted by atomic mass is 32.1. The van der Waals surface area contributed by atoms with E-state index < -0.39 is 0 Å². The molecule has 0 saturated carbocycles. The van der Waals surface area contributed by atoms with Gasteiger partial charge in [0.1, 0.15) is 4.99 Å². The van der Waals surface area contributed by atoms with Gasteiger partial charge in [-0.3, -0.25) is 4.98 Å². The third-order valence-electron chi connectivity index (χ3n) is 2.46. The van der Waals surface area contributed by atoms with Crippen LogP contribution in [0.5, 0.6) is 0 Å². The predicted molar refractivity (Wildman–Crippen MR) is 75.5 cm³/mol. The molecule has 0 bridgehead atoms. The highest BCUT2D eigenvalue weighted by molar-refractivity contribution is 7.81. The number of nitrogens with zero attached hydrogens (tertiary/aromatic N) is 1. The third-order valence-corrected chi connectivity index (χ3v) is 2.77. The molecule has 0 aliphatic rings. The Bertz CT molecular complexity index is 532. The fourth-order valence-electron chi connectivity index (χ4n) is 1.49. The third kappa shape index (κ3) is 3.11. The molecular formula is C14H14N2S. The van der Waals surface area contributed by atoms with Crippen molar-refractivity contribution in [3.8, 4) is 0 Å². The molecule has 3 heteroatoms. The van der Waals surface area contributed by atoms with Crippen LogP contribution in [0.3, 0.4) is 0 Å². The Morgan fingerprint density at radius 1 is 1.06 bits per heavy atom. The van der Waals surface area contributed by atoms with Crippen LogP contribution in [-0.4, -0.2) is 9.97 Å². The van der Waals surface area contributed by atoms with Crippen molar-refractivity contribution in [2.45, 2.75) is 13.8 Å². The maximum Gasteiger partial charge on any atom is 0.129 e. The van der Waals surface area contributed by atoms with Crippen LogP contribution in [-0.2, 0) is 0 Å². The molecule has 2 nitrogen and oxygen atoms in total. The molecule has 0 saturated heterocycles. The highest BCUT2D eigenvalue weighted by Crippen LogP contribution is 2.11. The number of hydrogen-bond acceptors (Lipinski definition) is 2. The van der Waals surface area contributed by atoms with Gasteiger partial charge in [0.05, 0.1) is 5.69 Å². The predicted octanol–water partition coefficient (Wildman–Crippen LogP) is 3.49. The van der Waals surface area contributed by atoms with Crippen molar-refractivity contribution >= 4 is 22.9 Å². The first-order chi connectivity index (χ1) is 8.15. The second-order valence-electron chi connectivity index (χ2n) is 4.04. The number of aromatic nitrogens is 1. The molecule has 86 valence electrons. The average molecular weight is 242 g/mol. The Labute approximate surface area is 107 Å². The normalized spacial score (nSPS) is 10.0. The van der Waals surface area contributed by atoms with Gasteiger partial charge in [-0.1, -0.05) is 29.9 Å². The first-order valence-corrected chi connectivity index (χ1v) is 5.86. The van der Waals surface area contributed by atoms with Gasteiger partial charge < -0.3 is 5.32 Å². The maximum atomic E-state index is 5.32. The van der Waals surface area contributed by atoms with Crippen LogP contribution in [0.2, 0.25) is 0 Å². The molecular weight excluding hydrogens is 228 g/mol. The Morgan fingerprint density at radius 2 is 1.76 bits per heavy atom. The van der Waals surface area contributed by atoms with Crippen LogP contribution in [0.25, 0.3) is 0 Å². The van der Waals surface area contributed by atoms with Crippen LogP contribution >= 0.6 is 12.2 Å². The molecule has 1 heterocycles. The molecule has 1 aromatic carbocycles. The SMILES string of the molecule is Cc1ccc(NC(=S)c2cc(C)ccn2)cc1. The maximum absolute atomic E-state index is 5.32. The van der Waals surface area contributed by atoms with E-state index in [-0.39, 0.29) is 0 Å². The monoisotopic (exact) mass is 242 g/mol. The average Bonchev–Trinajstić information content (AvgIpc) is 2.32. The van der Waals surface area contributed by atoms with Gasteiger partial charge in [-0.25, -0.2) is 0 Å². The lowest BCUT2D eigenvalue weighted by molar-refractivity contribution is 1.26. The van der Waals surface area contributed by atoms with Crippen molar-refractivity contribution in [3.63, 3.8) is 0 Å². The summed E-state index contributed by atoms with van der Waals surface area (Å²) in [7, 11) is 0. The summed E-state index contributed by atoms with van der Waals surface area (Å²) in [6, 6.07) is 12.1. The van der Waals surface area contributed by atoms with E-state index in [1.165, 1.54) is 5.56 Å². The summed E-state index contributed by atoms with van der Waals surface area (Å²) in [4.78, 5) is 4.90. The van der Waals surface area contributed by atoms with E-state index in [0.29, 0.717) is 4.99 Å². The smallest absolute Gasteiger partial charge is 0.129 e. The van der Waals surface area contributed by atoms with Crippen LogP contribution in [0.1, 0.15) is 16.8 Å². The Balaban J connectivity index is 2.14. The van der Waals surface area contributed by atoms with Crippen LogP contribution in [0, 0.1) is 13.8 Å². The minimum absolute atomic E-state index is 0.651. The summed E-state index contributed by atoms with van der Waals surface area (Å²) in [6.45, 7) is 4.09. The summed E-state index contributed by atoms with van der Waals surface area (Å²) in [6.07, 6.45) is 1.77. The van der Waals surface area contributed by atoms with Gasteiger partial charge in [0.2, 0.25) is 0 Å². The van der Waals surface area contributed by atoms with Gasteiger partial charge in [-0.2, -0.15) is 0 Å². The number of nitrogens with one attached hydrogen (secondary N) is 1. The number of rotatable bonds is 2. The van der Waals surface area contributed by atoms with E-state index in [9.17, 15) is 0 Å². The van der Waals surface area contributed by atoms with Crippen molar-refractivity contribution in [1.82, 2.24) is 4.98 Å². The summed E-state index contributed by atoms with van der Waals surface area (Å²) >= 11 is 5.32. The second-order valence-corrected chi connectivity index (χ2v) is 4.45. The lowest BCUT2D eigenvalue weighted by atomic mass is 10.2. The molecule has 0 unspecified atom stereocenters. The molecule has 0 radical (unpaired) electrons. The quantitative estimate of drug-likeness (QED) is 0.816. The standard InChI is InChI=1S/C14H14N2S/c1-10-3-5-12(6-4-10)16-14(17)13-9-11(2)7-8-15-13/h3-9H,1-2H3,(H,16,17). The number of anilines is 1. The van der Waals surface area contributed by atoms with Crippen molar-refractivity contribution in [2.75, 3.05) is 5.32 Å². The van der Waals surface area contributed by atoms with Gasteiger partial charge in [-0.15, -0.1) is 0 Å². The van der Waals surface area contributed by atoms with E-state index in [0.717, 1.165) is 16.9 Å². The number of thiocarbonyl (C=S) groups is 1. The second kappa shape index (κ2) is 5.06. The molecule has 1 aromatic heterocycles. The highest BCUT2D eigenvalue weighted by Gasteiger charge is 2.02. The molecule has 0 amide bonds. The van der Waals surface area contributed by atoms with Crippen molar-refractivity contribution < 1.29 is 0 Å². The zero-order valence-electron chi connectivity index (χ0n) is 9.90. The van der Waals surface area contributed by atoms with Crippen LogP contribution in [0.4, 0.5) is 5.69 Å². The van der Waals surface area contributed by atoms with E-state index in [2.05, 4.69) is 29.4 Å². The number of pyridine rings is 1. The minimum Gasteiger partial charge on any atom is -0.345 e. The molecule has 2 rings (SSSR count). The zero-order chi connectivity index (χ0) is 12.3. The first-order valence-electron chi connectivity index (χ1n) is 5.46. The van der Waals surface area contributed by atoms with Crippen molar-refractivity contribution in [3.05, 3.63) is 59.4 Å². The lowest BCUT2D eigenvalue weighted by Gasteiger charge is -2.08. The van der Waals surface area contributed by atoms with Gasteiger partial charge >= 0.3 is 0 Å². The zero-order valence-corrected chi connectivity index (χ0v) is 10.7. The molecule has 1 N–H and O–H groups in total. The van der Waals surface area contributed by atoms with Gasteiger partial charge in [0.15, 0.2) is 0 Å². The molecule has 0 atom stereocenters. The Kier molecular flexibility index (Phi) is 3.49. The number of benzene rings is 1. The first kappa shape index (κ1) is 11.7. The van der Waals surface area contributed by atoms with Gasteiger partial charge in [0, 0.05) is 11.9 Å². The van der Waals surface area contributed by atoms with Crippen molar-refractivity contribution in [1.29, 1.82) is 0 Å². The number of hydrogen-bond donors (Lipinski definition) is 1. The largest absolute Gasteiger partial charge is 0.345 e. The Hall–Kier alpha value is -1.74. The lowest BCUT2D eigenvalue weighted by Crippen LogP contribution is -2.12. The van der Waals surface area contributed by atoms with E-state index in [4.69, 9.17) is 12.2 Å². The molecule has 2 aromatic rings. The summed E-state index contributed by atoms with van der Waals surface area (Å²) < 4.78 is 0. The molecule has 17 heavy (non-hydrogen) atoms.